The van der Waals surface area contributed by atoms with Crippen molar-refractivity contribution < 1.29 is 19.0 Å². The predicted octanol–water partition coefficient (Wildman–Crippen LogP) is 2.99. The van der Waals surface area contributed by atoms with Gasteiger partial charge in [-0.05, 0) is 31.0 Å². The van der Waals surface area contributed by atoms with E-state index in [-0.39, 0.29) is 5.91 Å². The van der Waals surface area contributed by atoms with Crippen LogP contribution in [-0.4, -0.2) is 33.8 Å². The van der Waals surface area contributed by atoms with Crippen LogP contribution in [0.25, 0.3) is 0 Å². The minimum absolute atomic E-state index is 0.179. The van der Waals surface area contributed by atoms with Gasteiger partial charge < -0.3 is 19.5 Å². The molecule has 0 spiro atoms. The number of hydrogen-bond acceptors (Lipinski definition) is 4. The highest BCUT2D eigenvalue weighted by molar-refractivity contribution is 5.95. The first-order valence-corrected chi connectivity index (χ1v) is 7.72. The first-order chi connectivity index (χ1) is 11.6. The van der Waals surface area contributed by atoms with Crippen molar-refractivity contribution >= 4 is 5.91 Å². The van der Waals surface area contributed by atoms with E-state index in [2.05, 4.69) is 36.5 Å². The second kappa shape index (κ2) is 8.24. The summed E-state index contributed by atoms with van der Waals surface area (Å²) in [6, 6.07) is 11.6. The third kappa shape index (κ3) is 4.19. The second-order valence-electron chi connectivity index (χ2n) is 5.41. The van der Waals surface area contributed by atoms with Crippen molar-refractivity contribution in [1.29, 1.82) is 0 Å². The highest BCUT2D eigenvalue weighted by Gasteiger charge is 2.16. The molecule has 5 nitrogen and oxygen atoms in total. The minimum atomic E-state index is -0.179. The summed E-state index contributed by atoms with van der Waals surface area (Å²) >= 11 is 0. The predicted molar refractivity (Wildman–Crippen MR) is 93.3 cm³/mol. The van der Waals surface area contributed by atoms with E-state index in [0.717, 1.165) is 6.42 Å². The standard InChI is InChI=1S/C19H23NO4/c1-13-5-7-14(8-6-13)9-10-20-19(21)15-11-16(22-2)18(24-4)17(12-15)23-3/h5-8,11-12H,9-10H2,1-4H3,(H,20,21). The molecule has 1 amide bonds. The van der Waals surface area contributed by atoms with E-state index >= 15 is 0 Å². The van der Waals surface area contributed by atoms with Gasteiger partial charge in [-0.25, -0.2) is 0 Å². The summed E-state index contributed by atoms with van der Waals surface area (Å²) in [5, 5.41) is 2.91. The number of benzene rings is 2. The Morgan fingerprint density at radius 2 is 1.54 bits per heavy atom. The SMILES string of the molecule is COc1cc(C(=O)NCCc2ccc(C)cc2)cc(OC)c1OC. The molecule has 128 valence electrons. The lowest BCUT2D eigenvalue weighted by Crippen LogP contribution is -2.25. The fraction of sp³-hybridized carbons (Fsp3) is 0.316. The normalized spacial score (nSPS) is 10.2. The maximum absolute atomic E-state index is 12.4. The van der Waals surface area contributed by atoms with Crippen molar-refractivity contribution in [3.8, 4) is 17.2 Å². The van der Waals surface area contributed by atoms with E-state index in [9.17, 15) is 4.79 Å². The number of carbonyl (C=O) groups excluding carboxylic acids is 1. The Bertz CT molecular complexity index is 670. The zero-order valence-electron chi connectivity index (χ0n) is 14.5. The fourth-order valence-electron chi connectivity index (χ4n) is 2.39. The van der Waals surface area contributed by atoms with Crippen molar-refractivity contribution in [3.05, 3.63) is 53.1 Å². The van der Waals surface area contributed by atoms with Crippen molar-refractivity contribution in [3.63, 3.8) is 0 Å². The molecule has 0 aliphatic heterocycles. The van der Waals surface area contributed by atoms with Crippen LogP contribution in [0.4, 0.5) is 0 Å². The van der Waals surface area contributed by atoms with Gasteiger partial charge in [0.15, 0.2) is 11.5 Å². The van der Waals surface area contributed by atoms with Crippen molar-refractivity contribution in [1.82, 2.24) is 5.32 Å². The van der Waals surface area contributed by atoms with E-state index in [4.69, 9.17) is 14.2 Å². The first-order valence-electron chi connectivity index (χ1n) is 7.72. The van der Waals surface area contributed by atoms with Gasteiger partial charge in [-0.3, -0.25) is 4.79 Å². The molecule has 0 unspecified atom stereocenters. The van der Waals surface area contributed by atoms with Gasteiger partial charge in [-0.1, -0.05) is 29.8 Å². The number of amides is 1. The third-order valence-electron chi connectivity index (χ3n) is 3.75. The third-order valence-corrected chi connectivity index (χ3v) is 3.75. The Morgan fingerprint density at radius 3 is 2.04 bits per heavy atom. The van der Waals surface area contributed by atoms with Gasteiger partial charge in [-0.15, -0.1) is 0 Å². The van der Waals surface area contributed by atoms with Gasteiger partial charge in [0.2, 0.25) is 5.75 Å². The van der Waals surface area contributed by atoms with E-state index in [0.29, 0.717) is 29.4 Å². The number of ether oxygens (including phenoxy) is 3. The zero-order valence-corrected chi connectivity index (χ0v) is 14.5. The molecule has 2 aromatic carbocycles. The molecule has 0 aromatic heterocycles. The number of nitrogens with one attached hydrogen (secondary N) is 1. The maximum atomic E-state index is 12.4. The molecule has 0 aliphatic rings. The van der Waals surface area contributed by atoms with Gasteiger partial charge in [-0.2, -0.15) is 0 Å². The number of methoxy groups -OCH3 is 3. The molecule has 0 heterocycles. The molecule has 2 aromatic rings. The summed E-state index contributed by atoms with van der Waals surface area (Å²) in [6.45, 7) is 2.61. The highest BCUT2D eigenvalue weighted by atomic mass is 16.5. The Balaban J connectivity index is 2.05. The molecular formula is C19H23NO4. The lowest BCUT2D eigenvalue weighted by Gasteiger charge is -2.14. The lowest BCUT2D eigenvalue weighted by atomic mass is 10.1. The van der Waals surface area contributed by atoms with Crippen LogP contribution < -0.4 is 19.5 Å². The monoisotopic (exact) mass is 329 g/mol. The molecular weight excluding hydrogens is 306 g/mol. The van der Waals surface area contributed by atoms with Crippen LogP contribution in [0.15, 0.2) is 36.4 Å². The Hall–Kier alpha value is -2.69. The molecule has 0 aliphatic carbocycles. The second-order valence-corrected chi connectivity index (χ2v) is 5.41. The molecule has 0 atom stereocenters. The first kappa shape index (κ1) is 17.7. The highest BCUT2D eigenvalue weighted by Crippen LogP contribution is 2.38. The molecule has 0 fully saturated rings. The number of hydrogen-bond donors (Lipinski definition) is 1. The smallest absolute Gasteiger partial charge is 0.251 e. The van der Waals surface area contributed by atoms with E-state index in [1.54, 1.807) is 12.1 Å². The van der Waals surface area contributed by atoms with Gasteiger partial charge in [0.1, 0.15) is 0 Å². The summed E-state index contributed by atoms with van der Waals surface area (Å²) in [5.41, 5.74) is 2.87. The molecule has 0 bridgehead atoms. The summed E-state index contributed by atoms with van der Waals surface area (Å²) < 4.78 is 15.8. The molecule has 2 rings (SSSR count). The van der Waals surface area contributed by atoms with Crippen LogP contribution in [0.5, 0.6) is 17.2 Å². The average molecular weight is 329 g/mol. The maximum Gasteiger partial charge on any atom is 0.251 e. The van der Waals surface area contributed by atoms with Crippen LogP contribution in [-0.2, 0) is 6.42 Å². The minimum Gasteiger partial charge on any atom is -0.493 e. The molecule has 5 heteroatoms. The largest absolute Gasteiger partial charge is 0.493 e. The van der Waals surface area contributed by atoms with Gasteiger partial charge >= 0.3 is 0 Å². The van der Waals surface area contributed by atoms with Crippen LogP contribution in [0.2, 0.25) is 0 Å². The van der Waals surface area contributed by atoms with E-state index in [1.165, 1.54) is 32.5 Å². The topological polar surface area (TPSA) is 56.8 Å². The molecule has 0 radical (unpaired) electrons. The fourth-order valence-corrected chi connectivity index (χ4v) is 2.39. The van der Waals surface area contributed by atoms with Crippen LogP contribution in [0.3, 0.4) is 0 Å². The summed E-state index contributed by atoms with van der Waals surface area (Å²) in [6.07, 6.45) is 0.774. The number of aryl methyl sites for hydroxylation is 1. The summed E-state index contributed by atoms with van der Waals surface area (Å²) in [4.78, 5) is 12.4. The molecule has 0 saturated carbocycles. The van der Waals surface area contributed by atoms with Crippen molar-refractivity contribution in [2.24, 2.45) is 0 Å². The zero-order chi connectivity index (χ0) is 17.5. The quantitative estimate of drug-likeness (QED) is 0.848. The van der Waals surface area contributed by atoms with Gasteiger partial charge in [0.25, 0.3) is 5.91 Å². The Labute approximate surface area is 142 Å². The van der Waals surface area contributed by atoms with E-state index < -0.39 is 0 Å². The summed E-state index contributed by atoms with van der Waals surface area (Å²) in [7, 11) is 4.58. The number of carbonyl (C=O) groups is 1. The Morgan fingerprint density at radius 1 is 0.958 bits per heavy atom. The summed E-state index contributed by atoms with van der Waals surface area (Å²) in [5.74, 6) is 1.21. The molecule has 1 N–H and O–H groups in total. The molecule has 24 heavy (non-hydrogen) atoms. The molecule has 0 saturated heterocycles. The van der Waals surface area contributed by atoms with Crippen LogP contribution in [0.1, 0.15) is 21.5 Å². The lowest BCUT2D eigenvalue weighted by molar-refractivity contribution is 0.0953. The van der Waals surface area contributed by atoms with Crippen LogP contribution in [0, 0.1) is 6.92 Å². The van der Waals surface area contributed by atoms with Crippen LogP contribution >= 0.6 is 0 Å². The van der Waals surface area contributed by atoms with Gasteiger partial charge in [0.05, 0.1) is 21.3 Å². The Kier molecular flexibility index (Phi) is 6.07. The number of rotatable bonds is 7. The van der Waals surface area contributed by atoms with E-state index in [1.807, 2.05) is 0 Å². The van der Waals surface area contributed by atoms with Crippen molar-refractivity contribution in [2.75, 3.05) is 27.9 Å². The van der Waals surface area contributed by atoms with Gasteiger partial charge in [0, 0.05) is 12.1 Å². The average Bonchev–Trinajstić information content (AvgIpc) is 2.61. The van der Waals surface area contributed by atoms with Crippen molar-refractivity contribution in [2.45, 2.75) is 13.3 Å².